The topological polar surface area (TPSA) is 95.1 Å². The first-order valence-electron chi connectivity index (χ1n) is 11.3. The molecule has 0 fully saturated rings. The van der Waals surface area contributed by atoms with Crippen LogP contribution in [-0.2, 0) is 11.2 Å². The largest absolute Gasteiger partial charge is 0.508 e. The summed E-state index contributed by atoms with van der Waals surface area (Å²) in [7, 11) is 0. The number of aliphatic hydroxyl groups excluding tert-OH is 3. The first-order chi connectivity index (χ1) is 14.7. The highest BCUT2D eigenvalue weighted by molar-refractivity contribution is 5.29. The minimum absolute atomic E-state index is 0.00648. The molecule has 170 valence electrons. The van der Waals surface area contributed by atoms with Gasteiger partial charge in [0.2, 0.25) is 0 Å². The van der Waals surface area contributed by atoms with E-state index >= 15 is 0 Å². The van der Waals surface area contributed by atoms with Crippen LogP contribution >= 0.6 is 0 Å². The average Bonchev–Trinajstić information content (AvgIpc) is 3.29. The molecule has 2 rings (SSSR count). The molecule has 0 amide bonds. The van der Waals surface area contributed by atoms with Crippen molar-refractivity contribution in [1.82, 2.24) is 5.32 Å². The number of hydrogen-bond acceptors (Lipinski definition) is 6. The Morgan fingerprint density at radius 3 is 2.50 bits per heavy atom. The van der Waals surface area contributed by atoms with Crippen LogP contribution in [0.4, 0.5) is 0 Å². The first-order valence-corrected chi connectivity index (χ1v) is 11.3. The maximum absolute atomic E-state index is 9.78. The third-order valence-corrected chi connectivity index (χ3v) is 5.69. The Morgan fingerprint density at radius 1 is 1.03 bits per heavy atom. The van der Waals surface area contributed by atoms with E-state index in [-0.39, 0.29) is 19.0 Å². The summed E-state index contributed by atoms with van der Waals surface area (Å²) in [6.07, 6.45) is 14.6. The minimum Gasteiger partial charge on any atom is -0.508 e. The lowest BCUT2D eigenvalue weighted by molar-refractivity contribution is 0.125. The van der Waals surface area contributed by atoms with Crippen molar-refractivity contribution in [2.24, 2.45) is 5.41 Å². The van der Waals surface area contributed by atoms with E-state index in [0.29, 0.717) is 18.5 Å². The molecule has 0 saturated heterocycles. The maximum Gasteiger partial charge on any atom is 0.116 e. The Labute approximate surface area is 180 Å². The number of hydrogen-bond donors (Lipinski definition) is 4. The van der Waals surface area contributed by atoms with Crippen molar-refractivity contribution < 1.29 is 24.5 Å². The molecule has 1 aromatic rings. The molecule has 1 heterocycles. The summed E-state index contributed by atoms with van der Waals surface area (Å²) in [4.78, 5) is 0. The standard InChI is InChI=1S/C24H39NO5/c26-18-21-17-24(20-27,12-11-23(21)28)19-25-13-5-1-2-6-14-29-15-7-3-4-9-22-10-8-16-30-22/h8,10-12,16,25-28H,1-7,9,13-15,17-20H2. The molecular formula is C24H39NO5. The zero-order valence-corrected chi connectivity index (χ0v) is 18.2. The highest BCUT2D eigenvalue weighted by Crippen LogP contribution is 2.32. The Kier molecular flexibility index (Phi) is 11.9. The van der Waals surface area contributed by atoms with Gasteiger partial charge in [-0.15, -0.1) is 0 Å². The van der Waals surface area contributed by atoms with Gasteiger partial charge in [-0.25, -0.2) is 0 Å². The number of unbranched alkanes of at least 4 members (excludes halogenated alkanes) is 5. The summed E-state index contributed by atoms with van der Waals surface area (Å²) >= 11 is 0. The molecule has 0 aliphatic heterocycles. The monoisotopic (exact) mass is 421 g/mol. The van der Waals surface area contributed by atoms with E-state index in [4.69, 9.17) is 9.15 Å². The zero-order chi connectivity index (χ0) is 21.5. The van der Waals surface area contributed by atoms with Gasteiger partial charge in [0, 0.05) is 31.6 Å². The fourth-order valence-electron chi connectivity index (χ4n) is 3.75. The van der Waals surface area contributed by atoms with Gasteiger partial charge < -0.3 is 29.8 Å². The lowest BCUT2D eigenvalue weighted by atomic mass is 9.78. The quantitative estimate of drug-likeness (QED) is 0.285. The van der Waals surface area contributed by atoms with Crippen LogP contribution in [0.15, 0.2) is 46.3 Å². The minimum atomic E-state index is -0.434. The molecule has 4 N–H and O–H groups in total. The maximum atomic E-state index is 9.78. The van der Waals surface area contributed by atoms with Gasteiger partial charge in [0.15, 0.2) is 0 Å². The van der Waals surface area contributed by atoms with E-state index in [1.165, 1.54) is 6.42 Å². The van der Waals surface area contributed by atoms with E-state index in [2.05, 4.69) is 5.32 Å². The second-order valence-electron chi connectivity index (χ2n) is 8.27. The lowest BCUT2D eigenvalue weighted by Gasteiger charge is -2.32. The molecule has 6 nitrogen and oxygen atoms in total. The summed E-state index contributed by atoms with van der Waals surface area (Å²) in [5.41, 5.74) is 0.154. The molecule has 0 aromatic carbocycles. The second kappa shape index (κ2) is 14.4. The van der Waals surface area contributed by atoms with Gasteiger partial charge in [0.25, 0.3) is 0 Å². The average molecular weight is 422 g/mol. The Hall–Kier alpha value is -1.60. The molecule has 1 aliphatic rings. The molecule has 1 aliphatic carbocycles. The normalized spacial score (nSPS) is 19.0. The third-order valence-electron chi connectivity index (χ3n) is 5.69. The van der Waals surface area contributed by atoms with Crippen molar-refractivity contribution >= 4 is 0 Å². The number of rotatable bonds is 17. The Bertz CT molecular complexity index is 626. The van der Waals surface area contributed by atoms with Crippen molar-refractivity contribution in [3.63, 3.8) is 0 Å². The molecule has 0 saturated carbocycles. The van der Waals surface area contributed by atoms with Crippen molar-refractivity contribution in [2.45, 2.75) is 57.8 Å². The van der Waals surface area contributed by atoms with Crippen molar-refractivity contribution in [3.8, 4) is 0 Å². The molecule has 1 atom stereocenters. The molecule has 0 radical (unpaired) electrons. The SMILES string of the molecule is OCC1=C(O)C=CC(CO)(CNCCCCCCOCCCCCc2ccco2)C1. The van der Waals surface area contributed by atoms with Gasteiger partial charge in [-0.3, -0.25) is 0 Å². The van der Waals surface area contributed by atoms with Gasteiger partial charge >= 0.3 is 0 Å². The Morgan fingerprint density at radius 2 is 1.80 bits per heavy atom. The summed E-state index contributed by atoms with van der Waals surface area (Å²) in [5, 5.41) is 32.3. The number of allylic oxidation sites excluding steroid dienone is 1. The molecule has 0 bridgehead atoms. The van der Waals surface area contributed by atoms with E-state index in [0.717, 1.165) is 70.5 Å². The smallest absolute Gasteiger partial charge is 0.116 e. The van der Waals surface area contributed by atoms with Crippen LogP contribution in [0.5, 0.6) is 0 Å². The molecule has 0 spiro atoms. The predicted molar refractivity (Wildman–Crippen MR) is 118 cm³/mol. The van der Waals surface area contributed by atoms with Crippen LogP contribution in [0.3, 0.4) is 0 Å². The number of aliphatic hydroxyl groups is 3. The van der Waals surface area contributed by atoms with Crippen LogP contribution in [-0.4, -0.2) is 54.8 Å². The van der Waals surface area contributed by atoms with Crippen LogP contribution < -0.4 is 5.32 Å². The van der Waals surface area contributed by atoms with Gasteiger partial charge in [0.05, 0.1) is 19.5 Å². The molecule has 30 heavy (non-hydrogen) atoms. The highest BCUT2D eigenvalue weighted by atomic mass is 16.5. The zero-order valence-electron chi connectivity index (χ0n) is 18.2. The second-order valence-corrected chi connectivity index (χ2v) is 8.27. The van der Waals surface area contributed by atoms with Crippen LogP contribution in [0.1, 0.15) is 57.1 Å². The van der Waals surface area contributed by atoms with Crippen LogP contribution in [0, 0.1) is 5.41 Å². The van der Waals surface area contributed by atoms with Gasteiger partial charge in [-0.1, -0.05) is 25.3 Å². The summed E-state index contributed by atoms with van der Waals surface area (Å²) in [5.74, 6) is 1.19. The summed E-state index contributed by atoms with van der Waals surface area (Å²) in [6, 6.07) is 3.96. The van der Waals surface area contributed by atoms with E-state index in [1.54, 1.807) is 12.3 Å². The van der Waals surface area contributed by atoms with Crippen LogP contribution in [0.25, 0.3) is 0 Å². The van der Waals surface area contributed by atoms with Gasteiger partial charge in [-0.05, 0) is 62.4 Å². The van der Waals surface area contributed by atoms with E-state index in [9.17, 15) is 15.3 Å². The summed E-state index contributed by atoms with van der Waals surface area (Å²) in [6.45, 7) is 3.04. The van der Waals surface area contributed by atoms with Gasteiger partial charge in [-0.2, -0.15) is 0 Å². The lowest BCUT2D eigenvalue weighted by Crippen LogP contribution is -2.38. The van der Waals surface area contributed by atoms with Crippen molar-refractivity contribution in [3.05, 3.63) is 47.6 Å². The Balaban J connectivity index is 1.38. The number of aryl methyl sites for hydroxylation is 1. The van der Waals surface area contributed by atoms with Crippen molar-refractivity contribution in [2.75, 3.05) is 39.5 Å². The van der Waals surface area contributed by atoms with Crippen molar-refractivity contribution in [1.29, 1.82) is 0 Å². The molecule has 1 aromatic heterocycles. The van der Waals surface area contributed by atoms with Crippen LogP contribution in [0.2, 0.25) is 0 Å². The molecule has 6 heteroatoms. The number of furan rings is 1. The molecule has 1 unspecified atom stereocenters. The van der Waals surface area contributed by atoms with E-state index < -0.39 is 5.41 Å². The highest BCUT2D eigenvalue weighted by Gasteiger charge is 2.31. The predicted octanol–water partition coefficient (Wildman–Crippen LogP) is 3.90. The fraction of sp³-hybridized carbons (Fsp3) is 0.667. The van der Waals surface area contributed by atoms with Gasteiger partial charge in [0.1, 0.15) is 11.5 Å². The summed E-state index contributed by atoms with van der Waals surface area (Å²) < 4.78 is 11.0. The first kappa shape index (κ1) is 24.7. The molecular weight excluding hydrogens is 382 g/mol. The van der Waals surface area contributed by atoms with E-state index in [1.807, 2.05) is 18.2 Å². The number of nitrogens with one attached hydrogen (secondary N) is 1. The fourth-order valence-corrected chi connectivity index (χ4v) is 3.75. The number of ether oxygens (including phenoxy) is 1. The third kappa shape index (κ3) is 9.04.